The van der Waals surface area contributed by atoms with Gasteiger partial charge in [-0.1, -0.05) is 12.1 Å². The van der Waals surface area contributed by atoms with Crippen molar-refractivity contribution in [2.75, 3.05) is 24.4 Å². The van der Waals surface area contributed by atoms with Gasteiger partial charge in [0.25, 0.3) is 0 Å². The van der Waals surface area contributed by atoms with Gasteiger partial charge in [0.05, 0.1) is 7.11 Å². The van der Waals surface area contributed by atoms with Gasteiger partial charge in [-0.3, -0.25) is 0 Å². The normalized spacial score (nSPS) is 22.1. The fourth-order valence-electron chi connectivity index (χ4n) is 1.96. The second-order valence-electron chi connectivity index (χ2n) is 4.20. The predicted molar refractivity (Wildman–Crippen MR) is 78.2 cm³/mol. The average Bonchev–Trinajstić information content (AvgIpc) is 2.40. The van der Waals surface area contributed by atoms with Crippen LogP contribution in [0.2, 0.25) is 0 Å². The maximum Gasteiger partial charge on any atom is 0.119 e. The van der Waals surface area contributed by atoms with Crippen LogP contribution in [0.5, 0.6) is 5.75 Å². The minimum atomic E-state index is 0.250. The van der Waals surface area contributed by atoms with Crippen molar-refractivity contribution in [1.82, 2.24) is 0 Å². The van der Waals surface area contributed by atoms with Crippen LogP contribution in [0.25, 0.3) is 0 Å². The summed E-state index contributed by atoms with van der Waals surface area (Å²) < 4.78 is 5.23. The topological polar surface area (TPSA) is 35.2 Å². The van der Waals surface area contributed by atoms with Gasteiger partial charge in [-0.25, -0.2) is 0 Å². The highest BCUT2D eigenvalue weighted by atomic mass is 32.2. The van der Waals surface area contributed by atoms with Gasteiger partial charge in [-0.05, 0) is 24.1 Å². The molecule has 0 saturated carbocycles. The Labute approximate surface area is 112 Å². The molecule has 2 rings (SSSR count). The molecule has 1 saturated heterocycles. The van der Waals surface area contributed by atoms with E-state index in [9.17, 15) is 0 Å². The molecule has 1 aromatic carbocycles. The number of thioether (sulfide) groups is 2. The molecule has 4 heteroatoms. The van der Waals surface area contributed by atoms with E-state index < -0.39 is 0 Å². The van der Waals surface area contributed by atoms with E-state index >= 15 is 0 Å². The monoisotopic (exact) mass is 269 g/mol. The zero-order chi connectivity index (χ0) is 12.1. The highest BCUT2D eigenvalue weighted by Gasteiger charge is 2.21. The van der Waals surface area contributed by atoms with Crippen LogP contribution in [0.1, 0.15) is 5.56 Å². The van der Waals surface area contributed by atoms with E-state index in [4.69, 9.17) is 10.5 Å². The highest BCUT2D eigenvalue weighted by molar-refractivity contribution is 8.06. The molecule has 0 aromatic heterocycles. The smallest absolute Gasteiger partial charge is 0.119 e. The summed E-state index contributed by atoms with van der Waals surface area (Å²) in [6.07, 6.45) is 0.940. The number of hydrogen-bond donors (Lipinski definition) is 1. The second kappa shape index (κ2) is 6.57. The standard InChI is InChI=1S/C13H19NOS2/c1-15-11-4-2-3-10(7-11)8-12(14)13-9-16-5-6-17-13/h2-4,7,12-13H,5-6,8-9,14H2,1H3. The van der Waals surface area contributed by atoms with Gasteiger partial charge in [0.2, 0.25) is 0 Å². The van der Waals surface area contributed by atoms with E-state index in [0.717, 1.165) is 12.2 Å². The molecule has 0 spiro atoms. The molecule has 2 unspecified atom stereocenters. The Bertz CT molecular complexity index is 353. The van der Waals surface area contributed by atoms with E-state index in [0.29, 0.717) is 5.25 Å². The summed E-state index contributed by atoms with van der Waals surface area (Å²) in [6.45, 7) is 0. The molecule has 2 N–H and O–H groups in total. The summed E-state index contributed by atoms with van der Waals surface area (Å²) in [6, 6.07) is 8.47. The lowest BCUT2D eigenvalue weighted by Crippen LogP contribution is -2.38. The van der Waals surface area contributed by atoms with Crippen molar-refractivity contribution in [2.45, 2.75) is 17.7 Å². The molecular weight excluding hydrogens is 250 g/mol. The van der Waals surface area contributed by atoms with Crippen molar-refractivity contribution in [3.63, 3.8) is 0 Å². The first-order valence-electron chi connectivity index (χ1n) is 5.87. The van der Waals surface area contributed by atoms with Gasteiger partial charge in [0, 0.05) is 28.6 Å². The molecule has 0 radical (unpaired) electrons. The first kappa shape index (κ1) is 13.1. The number of hydrogen-bond acceptors (Lipinski definition) is 4. The number of nitrogens with two attached hydrogens (primary N) is 1. The zero-order valence-corrected chi connectivity index (χ0v) is 11.7. The van der Waals surface area contributed by atoms with E-state index in [1.807, 2.05) is 35.7 Å². The third-order valence-electron chi connectivity index (χ3n) is 2.92. The number of ether oxygens (including phenoxy) is 1. The third-order valence-corrected chi connectivity index (χ3v) is 5.87. The minimum Gasteiger partial charge on any atom is -0.497 e. The molecule has 17 heavy (non-hydrogen) atoms. The Morgan fingerprint density at radius 1 is 1.47 bits per heavy atom. The average molecular weight is 269 g/mol. The van der Waals surface area contributed by atoms with Gasteiger partial charge in [-0.2, -0.15) is 23.5 Å². The summed E-state index contributed by atoms with van der Waals surface area (Å²) in [5.41, 5.74) is 7.57. The fourth-order valence-corrected chi connectivity index (χ4v) is 4.78. The molecule has 2 nitrogen and oxygen atoms in total. The van der Waals surface area contributed by atoms with Gasteiger partial charge >= 0.3 is 0 Å². The number of rotatable bonds is 4. The lowest BCUT2D eigenvalue weighted by atomic mass is 10.0. The Hall–Kier alpha value is -0.320. The van der Waals surface area contributed by atoms with Crippen LogP contribution < -0.4 is 10.5 Å². The zero-order valence-electron chi connectivity index (χ0n) is 10.1. The lowest BCUT2D eigenvalue weighted by molar-refractivity contribution is 0.414. The SMILES string of the molecule is COc1cccc(CC(N)C2CSCCS2)c1. The van der Waals surface area contributed by atoms with Gasteiger partial charge in [0.1, 0.15) is 5.75 Å². The van der Waals surface area contributed by atoms with Crippen molar-refractivity contribution in [2.24, 2.45) is 5.73 Å². The maximum absolute atomic E-state index is 6.30. The second-order valence-corrected chi connectivity index (χ2v) is 6.70. The molecular formula is C13H19NOS2. The molecule has 0 aliphatic carbocycles. The first-order valence-corrected chi connectivity index (χ1v) is 8.08. The Kier molecular flexibility index (Phi) is 5.07. The van der Waals surface area contributed by atoms with E-state index in [1.54, 1.807) is 7.11 Å². The summed E-state index contributed by atoms with van der Waals surface area (Å²) in [4.78, 5) is 0. The Balaban J connectivity index is 1.94. The molecule has 94 valence electrons. The number of methoxy groups -OCH3 is 1. The number of benzene rings is 1. The molecule has 1 aliphatic rings. The summed E-state index contributed by atoms with van der Waals surface area (Å²) in [5.74, 6) is 4.62. The van der Waals surface area contributed by atoms with Crippen LogP contribution >= 0.6 is 23.5 Å². The van der Waals surface area contributed by atoms with E-state index in [1.165, 1.54) is 22.8 Å². The van der Waals surface area contributed by atoms with Crippen molar-refractivity contribution in [3.8, 4) is 5.75 Å². The van der Waals surface area contributed by atoms with Crippen LogP contribution in [0.4, 0.5) is 0 Å². The van der Waals surface area contributed by atoms with Crippen molar-refractivity contribution < 1.29 is 4.74 Å². The van der Waals surface area contributed by atoms with Crippen LogP contribution in [0.15, 0.2) is 24.3 Å². The Morgan fingerprint density at radius 3 is 3.06 bits per heavy atom. The summed E-state index contributed by atoms with van der Waals surface area (Å²) in [7, 11) is 1.70. The maximum atomic E-state index is 6.30. The molecule has 1 fully saturated rings. The molecule has 0 amide bonds. The molecule has 1 aliphatic heterocycles. The van der Waals surface area contributed by atoms with Crippen LogP contribution in [-0.2, 0) is 6.42 Å². The lowest BCUT2D eigenvalue weighted by Gasteiger charge is -2.26. The van der Waals surface area contributed by atoms with Crippen molar-refractivity contribution in [3.05, 3.63) is 29.8 Å². The van der Waals surface area contributed by atoms with E-state index in [-0.39, 0.29) is 6.04 Å². The van der Waals surface area contributed by atoms with Crippen molar-refractivity contribution >= 4 is 23.5 Å². The van der Waals surface area contributed by atoms with Crippen LogP contribution in [0.3, 0.4) is 0 Å². The molecule has 1 aromatic rings. The van der Waals surface area contributed by atoms with E-state index in [2.05, 4.69) is 12.1 Å². The highest BCUT2D eigenvalue weighted by Crippen LogP contribution is 2.27. The molecule has 2 atom stereocenters. The quantitative estimate of drug-likeness (QED) is 0.910. The summed E-state index contributed by atoms with van der Waals surface area (Å²) >= 11 is 4.05. The van der Waals surface area contributed by atoms with Gasteiger partial charge in [0.15, 0.2) is 0 Å². The first-order chi connectivity index (χ1) is 8.29. The fraction of sp³-hybridized carbons (Fsp3) is 0.538. The Morgan fingerprint density at radius 2 is 2.35 bits per heavy atom. The summed E-state index contributed by atoms with van der Waals surface area (Å²) in [5, 5.41) is 0.597. The third kappa shape index (κ3) is 3.83. The molecule has 0 bridgehead atoms. The van der Waals surface area contributed by atoms with Gasteiger partial charge in [-0.15, -0.1) is 0 Å². The van der Waals surface area contributed by atoms with Crippen molar-refractivity contribution in [1.29, 1.82) is 0 Å². The van der Waals surface area contributed by atoms with Crippen LogP contribution in [0, 0.1) is 0 Å². The minimum absolute atomic E-state index is 0.250. The molecule has 1 heterocycles. The largest absolute Gasteiger partial charge is 0.497 e. The van der Waals surface area contributed by atoms with Crippen LogP contribution in [-0.4, -0.2) is 35.7 Å². The predicted octanol–water partition coefficient (Wildman–Crippen LogP) is 2.41. The van der Waals surface area contributed by atoms with Gasteiger partial charge < -0.3 is 10.5 Å².